The molecule has 0 radical (unpaired) electrons. The number of rotatable bonds is 14. The Balaban J connectivity index is 0.000000151. The zero-order valence-electron chi connectivity index (χ0n) is 47.2. The Hall–Kier alpha value is -7.09. The molecule has 1 amide bonds. The van der Waals surface area contributed by atoms with E-state index in [1.807, 2.05) is 12.1 Å². The minimum Gasteiger partial charge on any atom is -0.444 e. The van der Waals surface area contributed by atoms with Gasteiger partial charge < -0.3 is 40.9 Å². The number of aromatic nitrogens is 6. The number of nitriles is 2. The lowest BCUT2D eigenvalue weighted by Crippen LogP contribution is -2.57. The number of piperidine rings is 2. The smallest absolute Gasteiger partial charge is 0.407 e. The minimum absolute atomic E-state index is 0.0487. The molecule has 6 N–H and O–H groups in total. The van der Waals surface area contributed by atoms with Crippen LogP contribution in [0.1, 0.15) is 98.5 Å². The number of anilines is 2. The van der Waals surface area contributed by atoms with Gasteiger partial charge in [-0.25, -0.2) is 24.7 Å². The van der Waals surface area contributed by atoms with Gasteiger partial charge in [0.1, 0.15) is 63.1 Å². The van der Waals surface area contributed by atoms with E-state index in [1.54, 1.807) is 20.8 Å². The second-order valence-corrected chi connectivity index (χ2v) is 25.6. The summed E-state index contributed by atoms with van der Waals surface area (Å²) in [7, 11) is 0. The number of nitrogens with one attached hydrogen (secondary N) is 4. The highest BCUT2D eigenvalue weighted by molar-refractivity contribution is 7.19. The fraction of sp³-hybridized carbons (Fsp3) is 0.483. The summed E-state index contributed by atoms with van der Waals surface area (Å²) in [4.78, 5) is 32.7. The van der Waals surface area contributed by atoms with E-state index in [9.17, 15) is 41.7 Å². The number of benzene rings is 2. The van der Waals surface area contributed by atoms with Crippen LogP contribution in [0.2, 0.25) is 0 Å². The fourth-order valence-corrected chi connectivity index (χ4v) is 12.9. The van der Waals surface area contributed by atoms with E-state index in [0.29, 0.717) is 63.2 Å². The van der Waals surface area contributed by atoms with Crippen LogP contribution in [0.5, 0.6) is 0 Å². The number of carbonyl (C=O) groups is 1. The first-order valence-electron chi connectivity index (χ1n) is 28.4. The lowest BCUT2D eigenvalue weighted by atomic mass is 9.99. The number of nitrogens with zero attached hydrogens (tertiary/aromatic N) is 9. The third-order valence-corrected chi connectivity index (χ3v) is 17.4. The van der Waals surface area contributed by atoms with Crippen LogP contribution >= 0.6 is 22.7 Å². The summed E-state index contributed by atoms with van der Waals surface area (Å²) in [5.41, 5.74) is 12.3. The molecule has 84 heavy (non-hydrogen) atoms. The highest BCUT2D eigenvalue weighted by atomic mass is 32.1. The van der Waals surface area contributed by atoms with E-state index < -0.39 is 36.9 Å². The van der Waals surface area contributed by atoms with Crippen LogP contribution in [-0.4, -0.2) is 108 Å². The zero-order valence-corrected chi connectivity index (χ0v) is 48.8. The number of likely N-dealkylation sites (tertiary alicyclic amines) is 1. The average molecular weight is 1200 g/mol. The number of halogens is 6. The summed E-state index contributed by atoms with van der Waals surface area (Å²) < 4.78 is 86.4. The number of alkyl halides is 6. The molecule has 2 aliphatic carbocycles. The Morgan fingerprint density at radius 2 is 1.24 bits per heavy atom. The second kappa shape index (κ2) is 25.2. The molecule has 0 spiro atoms. The molecule has 0 bridgehead atoms. The molecule has 12 rings (SSSR count). The SMILES string of the molecule is CC(C)(C)OC(=O)N[C@H]1CNCC[C@@H]1Nc1ncnc2sc(CC(F)(F)F)cc12.CCc1ccc2c(c1)cc(C#N)n2CC1CC1.N#Cc1cc2cc(CN3CC[C@H](Nc4ncnc5sc(CC(F)(F)F)cc45)[C@@H](N)C3)ccc2n1CC1CC1. The maximum atomic E-state index is 12.9. The first kappa shape index (κ1) is 60.0. The Morgan fingerprint density at radius 3 is 1.73 bits per heavy atom. The summed E-state index contributed by atoms with van der Waals surface area (Å²) in [5, 5.41) is 35.0. The van der Waals surface area contributed by atoms with Gasteiger partial charge in [0.2, 0.25) is 0 Å². The van der Waals surface area contributed by atoms with E-state index >= 15 is 0 Å². The summed E-state index contributed by atoms with van der Waals surface area (Å²) >= 11 is 2.05. The molecule has 2 saturated carbocycles. The standard InChI is InChI=1S/C27H28F3N7S.C18H24F3N5O2S.C15H16N2/c28-27(29,30)10-20-9-21-25(33-15-34-26(21)38-20)35-23-5-6-36(14-22(23)32)12-17-3-4-24-18(7-17)8-19(11-31)37(24)13-16-1-2-16;1-17(2,3)28-16(27)26-13-8-22-5-4-12(13)25-14-11-6-10(7-18(19,20)21)29-15(11)24-9-23-14;1-2-11-5-6-15-13(7-11)8-14(9-16)17(15)10-12-3-4-12/h3-4,7-9,15-16,22-23H,1-2,5-6,10,12-14,32H2,(H,33,34,35);6,9,12-13,22H,4-5,7-8H2,1-3H3,(H,26,27)(H,23,24,25);5-8,12H,2-4,10H2,1H3/t22-,23-;12-,13-;/m00./s1. The van der Waals surface area contributed by atoms with Crippen molar-refractivity contribution in [3.8, 4) is 12.1 Å². The van der Waals surface area contributed by atoms with Crippen LogP contribution in [0.15, 0.2) is 73.3 Å². The van der Waals surface area contributed by atoms with Crippen LogP contribution in [0.3, 0.4) is 0 Å². The van der Waals surface area contributed by atoms with Gasteiger partial charge in [-0.1, -0.05) is 19.1 Å². The van der Waals surface area contributed by atoms with Crippen molar-refractivity contribution in [2.24, 2.45) is 17.6 Å². The van der Waals surface area contributed by atoms with Gasteiger partial charge in [0.25, 0.3) is 0 Å². The van der Waals surface area contributed by atoms with Crippen molar-refractivity contribution in [3.63, 3.8) is 0 Å². The maximum Gasteiger partial charge on any atom is 0.407 e. The second-order valence-electron chi connectivity index (χ2n) is 23.4. The number of amides is 1. The van der Waals surface area contributed by atoms with Gasteiger partial charge >= 0.3 is 18.4 Å². The molecule has 0 unspecified atom stereocenters. The van der Waals surface area contributed by atoms with E-state index in [2.05, 4.69) is 111 Å². The molecule has 16 nitrogen and oxygen atoms in total. The van der Waals surface area contributed by atoms with Crippen molar-refractivity contribution in [1.29, 1.82) is 10.5 Å². The minimum atomic E-state index is -4.28. The molecular weight excluding hydrogens is 1130 g/mol. The summed E-state index contributed by atoms with van der Waals surface area (Å²) in [6.45, 7) is 13.0. The number of hydrogen-bond acceptors (Lipinski definition) is 15. The molecular formula is C60H68F6N14O2S2. The van der Waals surface area contributed by atoms with Crippen LogP contribution in [0.25, 0.3) is 42.2 Å². The van der Waals surface area contributed by atoms with Gasteiger partial charge in [0.15, 0.2) is 0 Å². The van der Waals surface area contributed by atoms with Gasteiger partial charge in [-0.15, -0.1) is 22.7 Å². The van der Waals surface area contributed by atoms with Crippen LogP contribution < -0.4 is 27.0 Å². The van der Waals surface area contributed by atoms with Gasteiger partial charge in [-0.2, -0.15) is 36.9 Å². The molecule has 8 aromatic rings. The van der Waals surface area contributed by atoms with Gasteiger partial charge in [0, 0.05) is 82.9 Å². The first-order valence-corrected chi connectivity index (χ1v) is 30.1. The molecule has 4 fully saturated rings. The predicted molar refractivity (Wildman–Crippen MR) is 316 cm³/mol. The van der Waals surface area contributed by atoms with Gasteiger partial charge in [-0.05, 0) is 144 Å². The lowest BCUT2D eigenvalue weighted by Gasteiger charge is -2.37. The van der Waals surface area contributed by atoms with Crippen molar-refractivity contribution < 1.29 is 35.9 Å². The maximum absolute atomic E-state index is 12.9. The van der Waals surface area contributed by atoms with Crippen molar-refractivity contribution in [3.05, 3.63) is 106 Å². The molecule has 8 heterocycles. The topological polar surface area (TPSA) is 213 Å². The zero-order chi connectivity index (χ0) is 59.5. The Morgan fingerprint density at radius 1 is 0.714 bits per heavy atom. The van der Waals surface area contributed by atoms with Crippen molar-refractivity contribution >= 4 is 82.6 Å². The van der Waals surface area contributed by atoms with Crippen LogP contribution in [-0.2, 0) is 43.6 Å². The fourth-order valence-electron chi connectivity index (χ4n) is 10.9. The third kappa shape index (κ3) is 15.6. The molecule has 444 valence electrons. The first-order chi connectivity index (χ1) is 40.1. The van der Waals surface area contributed by atoms with Crippen molar-refractivity contribution in [2.45, 2.75) is 147 Å². The Bertz CT molecular complexity index is 3710. The Kier molecular flexibility index (Phi) is 18.0. The quantitative estimate of drug-likeness (QED) is 0.0642. The highest BCUT2D eigenvalue weighted by Crippen LogP contribution is 2.37. The van der Waals surface area contributed by atoms with E-state index in [4.69, 9.17) is 10.5 Å². The highest BCUT2D eigenvalue weighted by Gasteiger charge is 2.34. The molecule has 2 saturated heterocycles. The molecule has 6 aromatic heterocycles. The number of hydrogen-bond donors (Lipinski definition) is 5. The van der Waals surface area contributed by atoms with Crippen LogP contribution in [0.4, 0.5) is 42.8 Å². The van der Waals surface area contributed by atoms with Gasteiger partial charge in [0.05, 0.1) is 35.7 Å². The van der Waals surface area contributed by atoms with Gasteiger partial charge in [-0.3, -0.25) is 4.90 Å². The molecule has 4 aliphatic rings. The summed E-state index contributed by atoms with van der Waals surface area (Å²) in [5.74, 6) is 2.48. The number of fused-ring (bicyclic) bond motifs is 4. The molecule has 24 heteroatoms. The van der Waals surface area contributed by atoms with E-state index in [0.717, 1.165) is 90.8 Å². The predicted octanol–water partition coefficient (Wildman–Crippen LogP) is 12.0. The monoisotopic (exact) mass is 1190 g/mol. The number of ether oxygens (including phenoxy) is 1. The number of aryl methyl sites for hydroxylation is 1. The summed E-state index contributed by atoms with van der Waals surface area (Å²) in [6, 6.07) is 24.0. The summed E-state index contributed by atoms with van der Waals surface area (Å²) in [6.07, 6.45) is -0.681. The molecule has 2 aliphatic heterocycles. The lowest BCUT2D eigenvalue weighted by molar-refractivity contribution is -0.127. The largest absolute Gasteiger partial charge is 0.444 e. The average Bonchev–Trinajstić information content (AvgIpc) is 3.95. The normalized spacial score (nSPS) is 19.5. The molecule has 2 aromatic carbocycles. The number of carbonyl (C=O) groups excluding carboxylic acids is 1. The molecule has 4 atom stereocenters. The van der Waals surface area contributed by atoms with E-state index in [1.165, 1.54) is 72.5 Å². The third-order valence-electron chi connectivity index (χ3n) is 15.3. The number of thiophene rings is 2. The van der Waals surface area contributed by atoms with Crippen molar-refractivity contribution in [2.75, 3.05) is 36.8 Å². The number of alkyl carbamates (subject to hydrolysis) is 1. The van der Waals surface area contributed by atoms with E-state index in [-0.39, 0.29) is 33.9 Å². The number of nitrogens with two attached hydrogens (primary N) is 1. The van der Waals surface area contributed by atoms with Crippen molar-refractivity contribution in [1.82, 2.24) is 44.6 Å². The Labute approximate surface area is 490 Å². The van der Waals surface area contributed by atoms with Crippen LogP contribution in [0, 0.1) is 34.5 Å².